The quantitative estimate of drug-likeness (QED) is 0.536. The molecule has 2 aromatic carbocycles. The third-order valence-corrected chi connectivity index (χ3v) is 3.88. The minimum atomic E-state index is 1.27. The Labute approximate surface area is 111 Å². The van der Waals surface area contributed by atoms with Crippen LogP contribution in [0, 0.1) is 0 Å². The Hall–Kier alpha value is -1.99. The van der Waals surface area contributed by atoms with Gasteiger partial charge in [-0.25, -0.2) is 0 Å². The monoisotopic (exact) mass is 249 g/mol. The van der Waals surface area contributed by atoms with Crippen molar-refractivity contribution < 1.29 is 0 Å². The first-order valence-electron chi connectivity index (χ1n) is 5.97. The molecule has 0 atom stereocenters. The van der Waals surface area contributed by atoms with Crippen LogP contribution < -0.4 is 0 Å². The lowest BCUT2D eigenvalue weighted by atomic mass is 10.0. The zero-order valence-electron chi connectivity index (χ0n) is 9.91. The molecule has 0 aliphatic carbocycles. The van der Waals surface area contributed by atoms with Crippen molar-refractivity contribution in [1.29, 1.82) is 0 Å². The second-order valence-electron chi connectivity index (χ2n) is 4.09. The van der Waals surface area contributed by atoms with Crippen molar-refractivity contribution >= 4 is 11.3 Å². The summed E-state index contributed by atoms with van der Waals surface area (Å²) in [4.78, 5) is 1.32. The van der Waals surface area contributed by atoms with Crippen LogP contribution in [0.5, 0.6) is 0 Å². The fourth-order valence-electron chi connectivity index (χ4n) is 2.04. The first kappa shape index (κ1) is 11.1. The number of hydrogen-bond donors (Lipinski definition) is 0. The summed E-state index contributed by atoms with van der Waals surface area (Å²) in [6.07, 6.45) is 0. The van der Waals surface area contributed by atoms with Gasteiger partial charge in [0.05, 0.1) is 0 Å². The van der Waals surface area contributed by atoms with E-state index >= 15 is 0 Å². The van der Waals surface area contributed by atoms with Crippen LogP contribution in [0.15, 0.2) is 78.2 Å². The molecule has 86 valence electrons. The SMILES string of the molecule is c1ccc(-c2ccc[s+]c2-c2ccccc2)cc1. The van der Waals surface area contributed by atoms with Gasteiger partial charge in [0.1, 0.15) is 0 Å². The van der Waals surface area contributed by atoms with E-state index in [1.165, 1.54) is 21.6 Å². The van der Waals surface area contributed by atoms with Gasteiger partial charge in [-0.05, 0) is 29.8 Å². The summed E-state index contributed by atoms with van der Waals surface area (Å²) < 4.78 is 0. The highest BCUT2D eigenvalue weighted by molar-refractivity contribution is 7.13. The van der Waals surface area contributed by atoms with Crippen LogP contribution in [0.3, 0.4) is 0 Å². The lowest BCUT2D eigenvalue weighted by Gasteiger charge is -2.01. The van der Waals surface area contributed by atoms with Crippen molar-refractivity contribution in [2.24, 2.45) is 0 Å². The average molecular weight is 249 g/mol. The Morgan fingerprint density at radius 3 is 1.83 bits per heavy atom. The predicted octanol–water partition coefficient (Wildman–Crippen LogP) is 5.36. The van der Waals surface area contributed by atoms with E-state index in [0.29, 0.717) is 0 Å². The molecule has 0 spiro atoms. The van der Waals surface area contributed by atoms with Crippen LogP contribution in [-0.2, 0) is 0 Å². The number of rotatable bonds is 2. The Morgan fingerprint density at radius 2 is 1.17 bits per heavy atom. The Balaban J connectivity index is 2.18. The summed E-state index contributed by atoms with van der Waals surface area (Å²) in [5, 5.41) is 2.13. The molecule has 1 heterocycles. The molecule has 3 aromatic rings. The van der Waals surface area contributed by atoms with Crippen LogP contribution in [-0.4, -0.2) is 0 Å². The van der Waals surface area contributed by atoms with Crippen molar-refractivity contribution in [3.05, 3.63) is 78.2 Å². The van der Waals surface area contributed by atoms with Crippen molar-refractivity contribution in [2.45, 2.75) is 0 Å². The normalized spacial score (nSPS) is 10.2. The molecule has 0 saturated heterocycles. The highest BCUT2D eigenvalue weighted by Crippen LogP contribution is 2.34. The zero-order chi connectivity index (χ0) is 12.2. The van der Waals surface area contributed by atoms with E-state index < -0.39 is 0 Å². The molecule has 0 aliphatic rings. The highest BCUT2D eigenvalue weighted by atomic mass is 32.1. The van der Waals surface area contributed by atoms with Crippen LogP contribution in [0.4, 0.5) is 0 Å². The molecule has 1 heteroatoms. The molecule has 0 N–H and O–H groups in total. The lowest BCUT2D eigenvalue weighted by molar-refractivity contribution is 1.63. The smallest absolute Gasteiger partial charge is 0.0622 e. The van der Waals surface area contributed by atoms with E-state index in [1.54, 1.807) is 11.3 Å². The van der Waals surface area contributed by atoms with E-state index in [4.69, 9.17) is 0 Å². The summed E-state index contributed by atoms with van der Waals surface area (Å²) in [6, 6.07) is 25.4. The molecule has 3 rings (SSSR count). The molecule has 0 nitrogen and oxygen atoms in total. The van der Waals surface area contributed by atoms with Gasteiger partial charge in [-0.1, -0.05) is 48.5 Å². The van der Waals surface area contributed by atoms with Crippen molar-refractivity contribution in [3.63, 3.8) is 0 Å². The van der Waals surface area contributed by atoms with Gasteiger partial charge in [0.2, 0.25) is 16.2 Å². The summed E-state index contributed by atoms with van der Waals surface area (Å²) in [6.45, 7) is 0. The fourth-order valence-corrected chi connectivity index (χ4v) is 2.92. The van der Waals surface area contributed by atoms with E-state index in [0.717, 1.165) is 0 Å². The van der Waals surface area contributed by atoms with Gasteiger partial charge < -0.3 is 0 Å². The molecule has 0 amide bonds. The molecular weight excluding hydrogens is 236 g/mol. The van der Waals surface area contributed by atoms with Crippen LogP contribution in [0.1, 0.15) is 0 Å². The van der Waals surface area contributed by atoms with Gasteiger partial charge in [0.25, 0.3) is 0 Å². The predicted molar refractivity (Wildman–Crippen MR) is 79.6 cm³/mol. The topological polar surface area (TPSA) is 0 Å². The first-order chi connectivity index (χ1) is 8.95. The van der Waals surface area contributed by atoms with Gasteiger partial charge in [-0.15, -0.1) is 0 Å². The molecule has 1 aromatic heterocycles. The molecule has 0 unspecified atom stereocenters. The number of hydrogen-bond acceptors (Lipinski definition) is 0. The average Bonchev–Trinajstić information content (AvgIpc) is 2.49. The highest BCUT2D eigenvalue weighted by Gasteiger charge is 2.15. The summed E-state index contributed by atoms with van der Waals surface area (Å²) >= 11 is 1.79. The zero-order valence-corrected chi connectivity index (χ0v) is 10.7. The van der Waals surface area contributed by atoms with Gasteiger partial charge in [-0.3, -0.25) is 0 Å². The number of benzene rings is 2. The van der Waals surface area contributed by atoms with Crippen molar-refractivity contribution in [2.75, 3.05) is 0 Å². The lowest BCUT2D eigenvalue weighted by Crippen LogP contribution is -1.81. The third-order valence-electron chi connectivity index (χ3n) is 2.89. The van der Waals surface area contributed by atoms with E-state index in [1.807, 2.05) is 0 Å². The van der Waals surface area contributed by atoms with Crippen LogP contribution in [0.25, 0.3) is 21.6 Å². The maximum Gasteiger partial charge on any atom is 0.245 e. The third kappa shape index (κ3) is 2.18. The van der Waals surface area contributed by atoms with Crippen LogP contribution in [0.2, 0.25) is 0 Å². The van der Waals surface area contributed by atoms with Crippen molar-refractivity contribution in [3.8, 4) is 21.6 Å². The minimum Gasteiger partial charge on any atom is -0.0622 e. The summed E-state index contributed by atoms with van der Waals surface area (Å²) in [5.74, 6) is 0. The molecule has 0 bridgehead atoms. The van der Waals surface area contributed by atoms with Gasteiger partial charge in [0.15, 0.2) is 5.38 Å². The summed E-state index contributed by atoms with van der Waals surface area (Å²) in [5.41, 5.74) is 3.85. The van der Waals surface area contributed by atoms with E-state index in [-0.39, 0.29) is 0 Å². The first-order valence-corrected chi connectivity index (χ1v) is 6.85. The molecule has 0 saturated carbocycles. The van der Waals surface area contributed by atoms with Gasteiger partial charge in [0, 0.05) is 11.1 Å². The maximum atomic E-state index is 2.19. The summed E-state index contributed by atoms with van der Waals surface area (Å²) in [7, 11) is 0. The van der Waals surface area contributed by atoms with E-state index in [2.05, 4.69) is 78.2 Å². The maximum absolute atomic E-state index is 2.19. The van der Waals surface area contributed by atoms with Gasteiger partial charge in [-0.2, -0.15) is 0 Å². The Morgan fingerprint density at radius 1 is 0.556 bits per heavy atom. The second-order valence-corrected chi connectivity index (χ2v) is 5.00. The molecule has 18 heavy (non-hydrogen) atoms. The largest absolute Gasteiger partial charge is 0.245 e. The molecule has 0 radical (unpaired) electrons. The molecule has 0 fully saturated rings. The second kappa shape index (κ2) is 5.11. The van der Waals surface area contributed by atoms with Crippen molar-refractivity contribution in [1.82, 2.24) is 0 Å². The molecule has 0 aliphatic heterocycles. The Bertz CT molecular complexity index is 572. The van der Waals surface area contributed by atoms with Crippen LogP contribution >= 0.6 is 11.3 Å². The van der Waals surface area contributed by atoms with Gasteiger partial charge >= 0.3 is 0 Å². The van der Waals surface area contributed by atoms with E-state index in [9.17, 15) is 0 Å². The Kier molecular flexibility index (Phi) is 3.16. The standard InChI is InChI=1S/C17H13S/c1-3-8-14(9-4-1)16-12-7-13-18-17(16)15-10-5-2-6-11-15/h1-13H/q+1. The fraction of sp³-hybridized carbons (Fsp3) is 0. The molecular formula is C17H13S+. The minimum absolute atomic E-state index is 1.27.